The Hall–Kier alpha value is -1.39. The van der Waals surface area contributed by atoms with Crippen LogP contribution in [0.3, 0.4) is 0 Å². The number of benzene rings is 1. The second-order valence-electron chi connectivity index (χ2n) is 3.49. The molecule has 1 fully saturated rings. The van der Waals surface area contributed by atoms with E-state index in [-0.39, 0.29) is 5.92 Å². The normalized spacial score (nSPS) is 15.5. The van der Waals surface area contributed by atoms with Gasteiger partial charge in [-0.1, -0.05) is 0 Å². The summed E-state index contributed by atoms with van der Waals surface area (Å²) in [6.45, 7) is 0. The molecule has 0 radical (unpaired) electrons. The van der Waals surface area contributed by atoms with E-state index in [0.29, 0.717) is 18.9 Å². The maximum absolute atomic E-state index is 13.1. The van der Waals surface area contributed by atoms with Crippen molar-refractivity contribution in [2.45, 2.75) is 12.8 Å². The molecule has 0 saturated heterocycles. The summed E-state index contributed by atoms with van der Waals surface area (Å²) in [6, 6.07) is 0.411. The van der Waals surface area contributed by atoms with Crippen LogP contribution in [0.25, 0.3) is 0 Å². The van der Waals surface area contributed by atoms with E-state index in [1.54, 1.807) is 0 Å². The first kappa shape index (κ1) is 10.1. The molecule has 80 valence electrons. The first-order valence-electron chi connectivity index (χ1n) is 4.39. The van der Waals surface area contributed by atoms with E-state index in [1.165, 1.54) is 0 Å². The van der Waals surface area contributed by atoms with Gasteiger partial charge < -0.3 is 0 Å². The molecule has 2 rings (SSSR count). The van der Waals surface area contributed by atoms with Crippen molar-refractivity contribution < 1.29 is 22.4 Å². The van der Waals surface area contributed by atoms with Crippen LogP contribution in [-0.2, 0) is 0 Å². The summed E-state index contributed by atoms with van der Waals surface area (Å²) in [6.07, 6.45) is 1.16. The lowest BCUT2D eigenvalue weighted by atomic mass is 10.1. The number of Topliss-reactive ketones (excluding diaryl/α,β-unsaturated/α-hetero) is 1. The fraction of sp³-hybridized carbons (Fsp3) is 0.300. The number of carbonyl (C=O) groups is 1. The van der Waals surface area contributed by atoms with Gasteiger partial charge in [0.25, 0.3) is 0 Å². The highest BCUT2D eigenvalue weighted by atomic mass is 19.2. The van der Waals surface area contributed by atoms with Crippen molar-refractivity contribution >= 4 is 5.78 Å². The maximum Gasteiger partial charge on any atom is 0.198 e. The van der Waals surface area contributed by atoms with Gasteiger partial charge in [-0.2, -0.15) is 0 Å². The van der Waals surface area contributed by atoms with Crippen molar-refractivity contribution in [1.29, 1.82) is 0 Å². The van der Waals surface area contributed by atoms with Crippen LogP contribution < -0.4 is 0 Å². The van der Waals surface area contributed by atoms with Crippen LogP contribution in [0.4, 0.5) is 17.6 Å². The molecule has 1 nitrogen and oxygen atoms in total. The maximum atomic E-state index is 13.1. The van der Waals surface area contributed by atoms with E-state index in [9.17, 15) is 22.4 Å². The third-order valence-electron chi connectivity index (χ3n) is 2.32. The lowest BCUT2D eigenvalue weighted by Crippen LogP contribution is -2.09. The largest absolute Gasteiger partial charge is 0.294 e. The van der Waals surface area contributed by atoms with Crippen molar-refractivity contribution in [3.05, 3.63) is 34.9 Å². The molecule has 0 heterocycles. The van der Waals surface area contributed by atoms with Crippen LogP contribution in [-0.4, -0.2) is 5.78 Å². The highest BCUT2D eigenvalue weighted by Gasteiger charge is 2.34. The van der Waals surface area contributed by atoms with E-state index in [0.717, 1.165) is 0 Å². The summed E-state index contributed by atoms with van der Waals surface area (Å²) < 4.78 is 51.1. The number of rotatable bonds is 2. The molecule has 0 N–H and O–H groups in total. The first-order chi connectivity index (χ1) is 7.02. The van der Waals surface area contributed by atoms with Gasteiger partial charge in [0.15, 0.2) is 29.1 Å². The zero-order chi connectivity index (χ0) is 11.2. The Kier molecular flexibility index (Phi) is 2.25. The van der Waals surface area contributed by atoms with Gasteiger partial charge in [-0.3, -0.25) is 4.79 Å². The first-order valence-corrected chi connectivity index (χ1v) is 4.39. The molecule has 0 bridgehead atoms. The van der Waals surface area contributed by atoms with E-state index >= 15 is 0 Å². The Morgan fingerprint density at radius 2 is 1.67 bits per heavy atom. The summed E-state index contributed by atoms with van der Waals surface area (Å²) >= 11 is 0. The van der Waals surface area contributed by atoms with Crippen molar-refractivity contribution in [2.75, 3.05) is 0 Å². The van der Waals surface area contributed by atoms with Crippen molar-refractivity contribution in [2.24, 2.45) is 5.92 Å². The number of hydrogen-bond donors (Lipinski definition) is 0. The summed E-state index contributed by atoms with van der Waals surface area (Å²) in [4.78, 5) is 11.3. The molecule has 0 amide bonds. The van der Waals surface area contributed by atoms with Crippen LogP contribution in [0, 0.1) is 29.2 Å². The van der Waals surface area contributed by atoms with E-state index in [1.807, 2.05) is 0 Å². The zero-order valence-electron chi connectivity index (χ0n) is 7.49. The minimum absolute atomic E-state index is 0.372. The monoisotopic (exact) mass is 218 g/mol. The van der Waals surface area contributed by atoms with Crippen LogP contribution in [0.15, 0.2) is 6.07 Å². The lowest BCUT2D eigenvalue weighted by molar-refractivity contribution is 0.0961. The molecule has 1 aromatic rings. The average molecular weight is 218 g/mol. The van der Waals surface area contributed by atoms with Crippen molar-refractivity contribution in [3.63, 3.8) is 0 Å². The van der Waals surface area contributed by atoms with Gasteiger partial charge in [0.05, 0.1) is 5.56 Å². The molecule has 1 saturated carbocycles. The minimum Gasteiger partial charge on any atom is -0.294 e. The Labute approximate surface area is 82.7 Å². The summed E-state index contributed by atoms with van der Waals surface area (Å²) in [5, 5.41) is 0. The quantitative estimate of drug-likeness (QED) is 0.323. The van der Waals surface area contributed by atoms with Crippen LogP contribution in [0.2, 0.25) is 0 Å². The predicted octanol–water partition coefficient (Wildman–Crippen LogP) is 2.84. The molecule has 5 heteroatoms. The number of carbonyl (C=O) groups excluding carboxylic acids is 1. The number of ketones is 1. The van der Waals surface area contributed by atoms with E-state index in [4.69, 9.17) is 0 Å². The summed E-state index contributed by atoms with van der Waals surface area (Å²) in [7, 11) is 0. The van der Waals surface area contributed by atoms with Gasteiger partial charge >= 0.3 is 0 Å². The Bertz CT molecular complexity index is 438. The van der Waals surface area contributed by atoms with Gasteiger partial charge in [-0.15, -0.1) is 0 Å². The van der Waals surface area contributed by atoms with E-state index in [2.05, 4.69) is 0 Å². The van der Waals surface area contributed by atoms with Crippen LogP contribution in [0.5, 0.6) is 0 Å². The molecular formula is C10H6F4O. The van der Waals surface area contributed by atoms with Gasteiger partial charge in [0.2, 0.25) is 0 Å². The lowest BCUT2D eigenvalue weighted by Gasteiger charge is -2.03. The highest BCUT2D eigenvalue weighted by Crippen LogP contribution is 2.34. The van der Waals surface area contributed by atoms with Crippen LogP contribution >= 0.6 is 0 Å². The zero-order valence-corrected chi connectivity index (χ0v) is 7.49. The molecule has 0 unspecified atom stereocenters. The van der Waals surface area contributed by atoms with Crippen molar-refractivity contribution in [1.82, 2.24) is 0 Å². The van der Waals surface area contributed by atoms with E-state index < -0.39 is 34.6 Å². The molecule has 15 heavy (non-hydrogen) atoms. The van der Waals surface area contributed by atoms with Crippen molar-refractivity contribution in [3.8, 4) is 0 Å². The number of hydrogen-bond acceptors (Lipinski definition) is 1. The Balaban J connectivity index is 2.51. The molecule has 0 spiro atoms. The Morgan fingerprint density at radius 3 is 2.20 bits per heavy atom. The second kappa shape index (κ2) is 3.32. The van der Waals surface area contributed by atoms with Gasteiger partial charge in [0.1, 0.15) is 0 Å². The predicted molar refractivity (Wildman–Crippen MR) is 43.3 cm³/mol. The molecular weight excluding hydrogens is 212 g/mol. The molecule has 0 aliphatic heterocycles. The van der Waals surface area contributed by atoms with Gasteiger partial charge in [-0.25, -0.2) is 17.6 Å². The topological polar surface area (TPSA) is 17.1 Å². The SMILES string of the molecule is O=C(c1cc(F)c(F)c(F)c1F)C1CC1. The minimum atomic E-state index is -1.93. The molecule has 1 aromatic carbocycles. The highest BCUT2D eigenvalue weighted by molar-refractivity contribution is 5.99. The smallest absolute Gasteiger partial charge is 0.198 e. The van der Waals surface area contributed by atoms with Gasteiger partial charge in [0, 0.05) is 5.92 Å². The molecule has 1 aliphatic rings. The third kappa shape index (κ3) is 1.62. The fourth-order valence-corrected chi connectivity index (χ4v) is 1.32. The Morgan fingerprint density at radius 1 is 1.07 bits per heavy atom. The fourth-order valence-electron chi connectivity index (χ4n) is 1.32. The number of halogens is 4. The average Bonchev–Trinajstić information content (AvgIpc) is 3.03. The second-order valence-corrected chi connectivity index (χ2v) is 3.49. The van der Waals surface area contributed by atoms with Crippen LogP contribution in [0.1, 0.15) is 23.2 Å². The molecule has 0 atom stereocenters. The third-order valence-corrected chi connectivity index (χ3v) is 2.32. The summed E-state index contributed by atoms with van der Waals surface area (Å²) in [5.41, 5.74) is -0.700. The molecule has 0 aromatic heterocycles. The molecule has 1 aliphatic carbocycles. The summed E-state index contributed by atoms with van der Waals surface area (Å²) in [5.74, 6) is -8.00. The standard InChI is InChI=1S/C10H6F4O/c11-6-3-5(10(15)4-1-2-4)7(12)9(14)8(6)13/h3-4H,1-2H2. The van der Waals surface area contributed by atoms with Gasteiger partial charge in [-0.05, 0) is 18.9 Å².